The van der Waals surface area contributed by atoms with E-state index in [0.717, 1.165) is 25.2 Å². The van der Waals surface area contributed by atoms with Crippen molar-refractivity contribution in [3.8, 4) is 5.75 Å². The second kappa shape index (κ2) is 9.00. The molecule has 5 nitrogen and oxygen atoms in total. The Kier molecular flexibility index (Phi) is 6.69. The van der Waals surface area contributed by atoms with Gasteiger partial charge in [0.25, 0.3) is 5.91 Å². The molecule has 2 aromatic rings. The fourth-order valence-electron chi connectivity index (χ4n) is 1.84. The van der Waals surface area contributed by atoms with Crippen molar-refractivity contribution in [2.24, 2.45) is 0 Å². The highest BCUT2D eigenvalue weighted by Crippen LogP contribution is 2.15. The second-order valence-corrected chi connectivity index (χ2v) is 5.44. The number of aromatic nitrogens is 1. The van der Waals surface area contributed by atoms with Crippen molar-refractivity contribution in [3.05, 3.63) is 47.6 Å². The number of nitrogens with one attached hydrogen (secondary N) is 2. The summed E-state index contributed by atoms with van der Waals surface area (Å²) in [5, 5.41) is 6.58. The third kappa shape index (κ3) is 6.16. The molecule has 23 heavy (non-hydrogen) atoms. The highest BCUT2D eigenvalue weighted by atomic mass is 35.5. The molecule has 0 aliphatic heterocycles. The lowest BCUT2D eigenvalue weighted by molar-refractivity contribution is -0.118. The minimum atomic E-state index is -0.242. The Labute approximate surface area is 141 Å². The van der Waals surface area contributed by atoms with Gasteiger partial charge in [-0.2, -0.15) is 0 Å². The number of hydrogen-bond acceptors (Lipinski definition) is 4. The van der Waals surface area contributed by atoms with Crippen molar-refractivity contribution in [2.75, 3.05) is 23.8 Å². The highest BCUT2D eigenvalue weighted by molar-refractivity contribution is 6.30. The number of amides is 1. The lowest BCUT2D eigenvalue weighted by Gasteiger charge is -2.08. The maximum Gasteiger partial charge on any atom is 0.262 e. The van der Waals surface area contributed by atoms with Crippen LogP contribution < -0.4 is 15.4 Å². The van der Waals surface area contributed by atoms with Crippen LogP contribution in [0.1, 0.15) is 19.8 Å². The molecule has 0 radical (unpaired) electrons. The number of rotatable bonds is 8. The van der Waals surface area contributed by atoms with Crippen molar-refractivity contribution < 1.29 is 9.53 Å². The molecule has 122 valence electrons. The Hall–Kier alpha value is -2.27. The van der Waals surface area contributed by atoms with Gasteiger partial charge in [-0.25, -0.2) is 4.98 Å². The standard InChI is InChI=1S/C17H20ClN3O2/c1-2-3-10-19-16-9-6-14(11-20-16)21-17(22)12-23-15-7-4-13(18)5-8-15/h4-9,11H,2-3,10,12H2,1H3,(H,19,20)(H,21,22). The van der Waals surface area contributed by atoms with Crippen molar-refractivity contribution in [2.45, 2.75) is 19.8 Å². The SMILES string of the molecule is CCCCNc1ccc(NC(=O)COc2ccc(Cl)cc2)cn1. The number of carbonyl (C=O) groups excluding carboxylic acids is 1. The van der Waals surface area contributed by atoms with Gasteiger partial charge in [-0.05, 0) is 42.8 Å². The number of unbranched alkanes of at least 4 members (excludes halogenated alkanes) is 1. The summed E-state index contributed by atoms with van der Waals surface area (Å²) < 4.78 is 5.38. The Balaban J connectivity index is 1.77. The molecule has 1 amide bonds. The predicted molar refractivity (Wildman–Crippen MR) is 93.2 cm³/mol. The smallest absolute Gasteiger partial charge is 0.262 e. The number of pyridine rings is 1. The van der Waals surface area contributed by atoms with Gasteiger partial charge in [0, 0.05) is 11.6 Å². The van der Waals surface area contributed by atoms with E-state index in [1.54, 1.807) is 30.5 Å². The topological polar surface area (TPSA) is 63.2 Å². The summed E-state index contributed by atoms with van der Waals surface area (Å²) in [5.74, 6) is 1.15. The Bertz CT molecular complexity index is 615. The lowest BCUT2D eigenvalue weighted by atomic mass is 10.3. The molecule has 1 aromatic carbocycles. The molecule has 0 spiro atoms. The molecule has 0 aliphatic rings. The molecular formula is C17H20ClN3O2. The van der Waals surface area contributed by atoms with Crippen LogP contribution in [-0.2, 0) is 4.79 Å². The minimum absolute atomic E-state index is 0.0713. The zero-order chi connectivity index (χ0) is 16.5. The summed E-state index contributed by atoms with van der Waals surface area (Å²) in [7, 11) is 0. The first-order valence-electron chi connectivity index (χ1n) is 7.55. The average Bonchev–Trinajstić information content (AvgIpc) is 2.56. The summed E-state index contributed by atoms with van der Waals surface area (Å²) >= 11 is 5.79. The largest absolute Gasteiger partial charge is 0.484 e. The van der Waals surface area contributed by atoms with Gasteiger partial charge in [0.15, 0.2) is 6.61 Å². The van der Waals surface area contributed by atoms with Crippen LogP contribution in [0.15, 0.2) is 42.6 Å². The summed E-state index contributed by atoms with van der Waals surface area (Å²) in [6, 6.07) is 10.5. The molecule has 0 aliphatic carbocycles. The molecule has 2 rings (SSSR count). The molecule has 1 heterocycles. The number of hydrogen-bond donors (Lipinski definition) is 2. The minimum Gasteiger partial charge on any atom is -0.484 e. The molecule has 6 heteroatoms. The van der Waals surface area contributed by atoms with E-state index in [1.807, 2.05) is 12.1 Å². The third-order valence-electron chi connectivity index (χ3n) is 3.07. The summed E-state index contributed by atoms with van der Waals surface area (Å²) in [6.07, 6.45) is 3.85. The number of benzene rings is 1. The van der Waals surface area contributed by atoms with Crippen LogP contribution in [0.25, 0.3) is 0 Å². The lowest BCUT2D eigenvalue weighted by Crippen LogP contribution is -2.20. The van der Waals surface area contributed by atoms with Crippen LogP contribution in [0, 0.1) is 0 Å². The molecule has 0 atom stereocenters. The fourth-order valence-corrected chi connectivity index (χ4v) is 1.97. The molecule has 0 saturated heterocycles. The first-order valence-corrected chi connectivity index (χ1v) is 7.93. The molecule has 0 unspecified atom stereocenters. The van der Waals surface area contributed by atoms with E-state index < -0.39 is 0 Å². The van der Waals surface area contributed by atoms with E-state index in [9.17, 15) is 4.79 Å². The van der Waals surface area contributed by atoms with Gasteiger partial charge in [0.2, 0.25) is 0 Å². The van der Waals surface area contributed by atoms with Gasteiger partial charge in [-0.3, -0.25) is 4.79 Å². The number of carbonyl (C=O) groups is 1. The fraction of sp³-hybridized carbons (Fsp3) is 0.294. The van der Waals surface area contributed by atoms with Gasteiger partial charge < -0.3 is 15.4 Å². The van der Waals surface area contributed by atoms with Crippen LogP contribution in [-0.4, -0.2) is 24.0 Å². The van der Waals surface area contributed by atoms with Gasteiger partial charge in [0.1, 0.15) is 11.6 Å². The Morgan fingerprint density at radius 3 is 2.65 bits per heavy atom. The van der Waals surface area contributed by atoms with Gasteiger partial charge in [0.05, 0.1) is 11.9 Å². The zero-order valence-corrected chi connectivity index (χ0v) is 13.8. The molecule has 0 saturated carbocycles. The van der Waals surface area contributed by atoms with E-state index in [0.29, 0.717) is 16.5 Å². The van der Waals surface area contributed by atoms with Crippen LogP contribution in [0.2, 0.25) is 5.02 Å². The predicted octanol–water partition coefficient (Wildman–Crippen LogP) is 3.96. The van der Waals surface area contributed by atoms with Crippen LogP contribution in [0.3, 0.4) is 0 Å². The van der Waals surface area contributed by atoms with E-state index >= 15 is 0 Å². The average molecular weight is 334 g/mol. The number of anilines is 2. The van der Waals surface area contributed by atoms with Crippen LogP contribution in [0.5, 0.6) is 5.75 Å². The van der Waals surface area contributed by atoms with E-state index in [2.05, 4.69) is 22.5 Å². The van der Waals surface area contributed by atoms with Gasteiger partial charge in [-0.1, -0.05) is 24.9 Å². The van der Waals surface area contributed by atoms with Crippen molar-refractivity contribution >= 4 is 29.0 Å². The summed E-state index contributed by atoms with van der Waals surface area (Å²) in [4.78, 5) is 16.1. The van der Waals surface area contributed by atoms with Crippen molar-refractivity contribution in [3.63, 3.8) is 0 Å². The van der Waals surface area contributed by atoms with Crippen molar-refractivity contribution in [1.82, 2.24) is 4.98 Å². The molecule has 2 N–H and O–H groups in total. The number of ether oxygens (including phenoxy) is 1. The van der Waals surface area contributed by atoms with Crippen LogP contribution in [0.4, 0.5) is 11.5 Å². The highest BCUT2D eigenvalue weighted by Gasteiger charge is 2.04. The summed E-state index contributed by atoms with van der Waals surface area (Å²) in [5.41, 5.74) is 0.635. The normalized spacial score (nSPS) is 10.2. The van der Waals surface area contributed by atoms with Gasteiger partial charge >= 0.3 is 0 Å². The molecule has 1 aromatic heterocycles. The molecule has 0 fully saturated rings. The van der Waals surface area contributed by atoms with E-state index in [-0.39, 0.29) is 12.5 Å². The van der Waals surface area contributed by atoms with E-state index in [4.69, 9.17) is 16.3 Å². The van der Waals surface area contributed by atoms with Crippen molar-refractivity contribution in [1.29, 1.82) is 0 Å². The number of nitrogens with zero attached hydrogens (tertiary/aromatic N) is 1. The molecule has 0 bridgehead atoms. The van der Waals surface area contributed by atoms with Crippen LogP contribution >= 0.6 is 11.6 Å². The summed E-state index contributed by atoms with van der Waals surface area (Å²) in [6.45, 7) is 2.96. The quantitative estimate of drug-likeness (QED) is 0.718. The molecular weight excluding hydrogens is 314 g/mol. The van der Waals surface area contributed by atoms with Gasteiger partial charge in [-0.15, -0.1) is 0 Å². The van der Waals surface area contributed by atoms with E-state index in [1.165, 1.54) is 0 Å². The Morgan fingerprint density at radius 2 is 2.00 bits per heavy atom. The maximum absolute atomic E-state index is 11.8. The first-order chi connectivity index (χ1) is 11.2. The number of halogens is 1. The maximum atomic E-state index is 11.8. The zero-order valence-electron chi connectivity index (χ0n) is 13.0. The first kappa shape index (κ1) is 17.1. The Morgan fingerprint density at radius 1 is 1.22 bits per heavy atom. The third-order valence-corrected chi connectivity index (χ3v) is 3.32. The monoisotopic (exact) mass is 333 g/mol. The second-order valence-electron chi connectivity index (χ2n) is 5.00.